The molecule has 0 spiro atoms. The lowest BCUT2D eigenvalue weighted by Gasteiger charge is -2.50. The van der Waals surface area contributed by atoms with Gasteiger partial charge in [0.2, 0.25) is 5.88 Å². The number of alkyl halides is 3. The average Bonchev–Trinajstić information content (AvgIpc) is 3.35. The second-order valence-corrected chi connectivity index (χ2v) is 15.0. The molecule has 2 amide bonds. The van der Waals surface area contributed by atoms with Crippen molar-refractivity contribution in [2.24, 2.45) is 0 Å². The number of piperidine rings is 1. The summed E-state index contributed by atoms with van der Waals surface area (Å²) < 4.78 is 101. The first-order valence-corrected chi connectivity index (χ1v) is 18.4. The third kappa shape index (κ3) is 6.81. The van der Waals surface area contributed by atoms with E-state index < -0.39 is 67.0 Å². The number of hydrogen-bond acceptors (Lipinski definition) is 10. The number of rotatable bonds is 9. The second-order valence-electron chi connectivity index (χ2n) is 12.8. The van der Waals surface area contributed by atoms with Gasteiger partial charge in [-0.15, -0.1) is 13.2 Å². The van der Waals surface area contributed by atoms with E-state index in [1.165, 1.54) is 18.3 Å². The Morgan fingerprint density at radius 3 is 2.45 bits per heavy atom. The van der Waals surface area contributed by atoms with Crippen LogP contribution in [0, 0.1) is 5.82 Å². The Kier molecular flexibility index (Phi) is 10.5. The Bertz CT molecular complexity index is 2020. The Hall–Kier alpha value is -4.39. The number of sulfonamides is 1. The van der Waals surface area contributed by atoms with Gasteiger partial charge in [0.1, 0.15) is 21.9 Å². The number of carbonyl (C=O) groups excluding carboxylic acids is 1. The van der Waals surface area contributed by atoms with Crippen molar-refractivity contribution >= 4 is 39.3 Å². The van der Waals surface area contributed by atoms with Gasteiger partial charge in [-0.3, -0.25) is 9.69 Å². The topological polar surface area (TPSA) is 142 Å². The summed E-state index contributed by atoms with van der Waals surface area (Å²) in [6.45, 7) is 3.25. The maximum Gasteiger partial charge on any atom is 0.573 e. The summed E-state index contributed by atoms with van der Waals surface area (Å²) in [5.74, 6) is -4.06. The Balaban J connectivity index is 1.65. The molecule has 3 aliphatic heterocycles. The molecule has 1 N–H and O–H groups in total. The number of carbonyl (C=O) groups is 2. The zero-order valence-corrected chi connectivity index (χ0v) is 30.3. The van der Waals surface area contributed by atoms with Gasteiger partial charge in [-0.05, 0) is 64.2 Å². The number of halogens is 5. The fraction of sp³-hybridized carbons (Fsp3) is 0.441. The van der Waals surface area contributed by atoms with Crippen molar-refractivity contribution in [3.8, 4) is 17.4 Å². The van der Waals surface area contributed by atoms with Crippen LogP contribution in [0.3, 0.4) is 0 Å². The van der Waals surface area contributed by atoms with Crippen molar-refractivity contribution in [2.75, 3.05) is 57.8 Å². The average molecular weight is 786 g/mol. The Labute approximate surface area is 307 Å². The highest BCUT2D eigenvalue weighted by molar-refractivity contribution is 7.93. The predicted molar refractivity (Wildman–Crippen MR) is 183 cm³/mol. The highest BCUT2D eigenvalue weighted by Gasteiger charge is 2.64. The third-order valence-electron chi connectivity index (χ3n) is 9.94. The minimum Gasteiger partial charge on any atom is -0.497 e. The van der Waals surface area contributed by atoms with Crippen molar-refractivity contribution in [2.45, 2.75) is 48.5 Å². The van der Waals surface area contributed by atoms with Crippen molar-refractivity contribution in [1.29, 1.82) is 0 Å². The van der Waals surface area contributed by atoms with Gasteiger partial charge in [0.05, 0.1) is 30.5 Å². The number of pyridine rings is 1. The molecule has 3 aromatic rings. The summed E-state index contributed by atoms with van der Waals surface area (Å²) in [5.41, 5.74) is -3.23. The number of nitrogens with zero attached hydrogens (tertiary/aromatic N) is 5. The molecule has 19 heteroatoms. The molecule has 2 fully saturated rings. The molecule has 0 aliphatic carbocycles. The number of ether oxygens (including phenoxy) is 3. The number of anilines is 1. The van der Waals surface area contributed by atoms with Crippen LogP contribution in [0.25, 0.3) is 0 Å². The summed E-state index contributed by atoms with van der Waals surface area (Å²) in [4.78, 5) is 37.1. The third-order valence-corrected chi connectivity index (χ3v) is 12.0. The molecule has 13 nitrogen and oxygen atoms in total. The Morgan fingerprint density at radius 1 is 1.09 bits per heavy atom. The number of aromatic nitrogens is 1. The van der Waals surface area contributed by atoms with E-state index in [0.29, 0.717) is 12.1 Å². The molecule has 2 unspecified atom stereocenters. The highest BCUT2D eigenvalue weighted by Crippen LogP contribution is 2.55. The summed E-state index contributed by atoms with van der Waals surface area (Å²) in [5, 5.41) is 10.1. The SMILES string of the molecule is CCOc1ncccc1C1(C2CN(C3CCN(C)CC3)CCN2C(=O)O)C(=O)N(S(=O)(=O)c2ccc(OC)cc2OC(F)(F)F)c2cc(F)c(Cl)cc21. The lowest BCUT2D eigenvalue weighted by Crippen LogP contribution is -2.67. The first kappa shape index (κ1) is 38.3. The molecule has 3 aliphatic rings. The summed E-state index contributed by atoms with van der Waals surface area (Å²) in [6, 6.07) is 5.63. The van der Waals surface area contributed by atoms with Crippen molar-refractivity contribution in [3.05, 3.63) is 70.6 Å². The van der Waals surface area contributed by atoms with E-state index in [1.54, 1.807) is 6.92 Å². The number of hydrogen-bond donors (Lipinski definition) is 1. The molecule has 286 valence electrons. The first-order valence-electron chi connectivity index (χ1n) is 16.6. The first-order chi connectivity index (χ1) is 25.0. The number of fused-ring (bicyclic) bond motifs is 1. The zero-order valence-electron chi connectivity index (χ0n) is 28.8. The lowest BCUT2D eigenvalue weighted by atomic mass is 9.68. The summed E-state index contributed by atoms with van der Waals surface area (Å²) in [6.07, 6.45) is -4.01. The molecule has 6 rings (SSSR count). The van der Waals surface area contributed by atoms with Gasteiger partial charge in [0.25, 0.3) is 15.9 Å². The number of amides is 2. The van der Waals surface area contributed by atoms with Crippen LogP contribution in [-0.4, -0.2) is 117 Å². The normalized spacial score (nSPS) is 21.8. The van der Waals surface area contributed by atoms with Crippen LogP contribution in [0.4, 0.5) is 28.0 Å². The monoisotopic (exact) mass is 785 g/mol. The molecule has 0 radical (unpaired) electrons. The van der Waals surface area contributed by atoms with E-state index >= 15 is 9.18 Å². The molecule has 4 heterocycles. The van der Waals surface area contributed by atoms with E-state index in [0.717, 1.165) is 56.1 Å². The standard InChI is InChI=1S/C34H36ClF4N5O8S/c1-4-51-30-22(6-5-11-40-30)33(29-19-42(14-15-43(29)32(46)47)20-9-12-41(2)13-10-20)23-17-24(35)25(36)18-26(23)44(31(33)45)53(48,49)28-8-7-21(50-3)16-27(28)52-34(37,38)39/h5-8,11,16-18,20,29H,4,9-10,12-15,19H2,1-3H3,(H,46,47). The largest absolute Gasteiger partial charge is 0.573 e. The van der Waals surface area contributed by atoms with E-state index in [9.17, 15) is 31.5 Å². The number of benzene rings is 2. The fourth-order valence-corrected chi connectivity index (χ4v) is 9.30. The van der Waals surface area contributed by atoms with E-state index in [2.05, 4.69) is 14.6 Å². The molecule has 0 saturated carbocycles. The van der Waals surface area contributed by atoms with Gasteiger partial charge in [-0.2, -0.15) is 0 Å². The lowest BCUT2D eigenvalue weighted by molar-refractivity contribution is -0.275. The molecule has 53 heavy (non-hydrogen) atoms. The van der Waals surface area contributed by atoms with Crippen LogP contribution in [0.2, 0.25) is 5.02 Å². The van der Waals surface area contributed by atoms with Crippen LogP contribution in [0.15, 0.2) is 53.6 Å². The minimum atomic E-state index is -5.43. The number of methoxy groups -OCH3 is 1. The quantitative estimate of drug-likeness (QED) is 0.295. The molecule has 2 saturated heterocycles. The van der Waals surface area contributed by atoms with E-state index in [1.807, 2.05) is 11.9 Å². The van der Waals surface area contributed by atoms with Crippen LogP contribution >= 0.6 is 11.6 Å². The molecular weight excluding hydrogens is 750 g/mol. The molecule has 2 atom stereocenters. The highest BCUT2D eigenvalue weighted by atomic mass is 35.5. The van der Waals surface area contributed by atoms with Gasteiger partial charge in [-0.25, -0.2) is 26.9 Å². The summed E-state index contributed by atoms with van der Waals surface area (Å²) in [7, 11) is -2.31. The number of likely N-dealkylation sites (tertiary alicyclic amines) is 1. The van der Waals surface area contributed by atoms with Crippen LogP contribution in [0.1, 0.15) is 30.9 Å². The van der Waals surface area contributed by atoms with Crippen molar-refractivity contribution < 1.29 is 54.9 Å². The summed E-state index contributed by atoms with van der Waals surface area (Å²) >= 11 is 6.36. The second kappa shape index (κ2) is 14.4. The Morgan fingerprint density at radius 2 is 1.81 bits per heavy atom. The van der Waals surface area contributed by atoms with Gasteiger partial charge < -0.3 is 29.1 Å². The fourth-order valence-electron chi connectivity index (χ4n) is 7.57. The van der Waals surface area contributed by atoms with E-state index in [-0.39, 0.29) is 59.3 Å². The van der Waals surface area contributed by atoms with Gasteiger partial charge in [0.15, 0.2) is 5.75 Å². The molecule has 0 bridgehead atoms. The van der Waals surface area contributed by atoms with Crippen LogP contribution < -0.4 is 18.5 Å². The van der Waals surface area contributed by atoms with Crippen LogP contribution in [-0.2, 0) is 20.2 Å². The molecule has 1 aromatic heterocycles. The van der Waals surface area contributed by atoms with Gasteiger partial charge in [-0.1, -0.05) is 17.7 Å². The minimum absolute atomic E-state index is 0.0202. The zero-order chi connectivity index (χ0) is 38.5. The maximum atomic E-state index is 15.6. The van der Waals surface area contributed by atoms with E-state index in [4.69, 9.17) is 21.1 Å². The smallest absolute Gasteiger partial charge is 0.497 e. The maximum absolute atomic E-state index is 15.6. The van der Waals surface area contributed by atoms with Gasteiger partial charge >= 0.3 is 12.5 Å². The van der Waals surface area contributed by atoms with Crippen molar-refractivity contribution in [3.63, 3.8) is 0 Å². The van der Waals surface area contributed by atoms with Crippen molar-refractivity contribution in [1.82, 2.24) is 19.7 Å². The van der Waals surface area contributed by atoms with Crippen LogP contribution in [0.5, 0.6) is 17.4 Å². The molecular formula is C34H36ClF4N5O8S. The predicted octanol–water partition coefficient (Wildman–Crippen LogP) is 4.96. The number of piperazine rings is 1. The van der Waals surface area contributed by atoms with Gasteiger partial charge in [0, 0.05) is 55.1 Å². The number of carboxylic acid groups (broad SMARTS) is 1. The molecule has 2 aromatic carbocycles.